The molecule has 5 aliphatic heterocycles. The Bertz CT molecular complexity index is 5090. The molecular weight excluding hydrogens is 1590 g/mol. The van der Waals surface area contributed by atoms with Crippen molar-refractivity contribution in [3.63, 3.8) is 0 Å². The predicted octanol–water partition coefficient (Wildman–Crippen LogP) is 14.8. The van der Waals surface area contributed by atoms with Crippen LogP contribution in [-0.4, -0.2) is 163 Å². The second-order valence-electron chi connectivity index (χ2n) is 33.2. The molecule has 5 aliphatic rings. The molecule has 7 N–H and O–H groups in total. The number of nitrogens with one attached hydrogen (secondary N) is 1. The molecule has 10 heterocycles. The molecule has 0 radical (unpaired) electrons. The van der Waals surface area contributed by atoms with Crippen LogP contribution in [0, 0.1) is 98.1 Å². The van der Waals surface area contributed by atoms with Crippen LogP contribution in [0.5, 0.6) is 0 Å². The van der Waals surface area contributed by atoms with Crippen molar-refractivity contribution in [1.82, 2.24) is 55.2 Å². The fourth-order valence-electron chi connectivity index (χ4n) is 16.0. The first-order chi connectivity index (χ1) is 56.2. The van der Waals surface area contributed by atoms with Crippen LogP contribution in [0.4, 0.5) is 35.9 Å². The third-order valence-corrected chi connectivity index (χ3v) is 21.1. The number of piperidine rings is 5. The lowest BCUT2D eigenvalue weighted by Crippen LogP contribution is -2.46. The van der Waals surface area contributed by atoms with Crippen molar-refractivity contribution >= 4 is 106 Å². The van der Waals surface area contributed by atoms with Crippen LogP contribution in [0.25, 0.3) is 55.2 Å². The van der Waals surface area contributed by atoms with E-state index in [0.717, 1.165) is 133 Å². The van der Waals surface area contributed by atoms with E-state index in [4.69, 9.17) is 47.7 Å². The number of rotatable bonds is 8. The van der Waals surface area contributed by atoms with E-state index in [1.807, 2.05) is 63.2 Å². The number of halogens is 4. The lowest BCUT2D eigenvalue weighted by Gasteiger charge is -2.38. The number of ether oxygens (including phenoxy) is 2. The van der Waals surface area contributed by atoms with E-state index >= 15 is 0 Å². The maximum absolute atomic E-state index is 12.6. The van der Waals surface area contributed by atoms with Crippen molar-refractivity contribution in [3.05, 3.63) is 155 Å². The maximum Gasteiger partial charge on any atom is 0.393 e. The van der Waals surface area contributed by atoms with Gasteiger partial charge in [-0.15, -0.1) is 0 Å². The van der Waals surface area contributed by atoms with Gasteiger partial charge in [0.2, 0.25) is 0 Å². The van der Waals surface area contributed by atoms with Crippen LogP contribution in [0.3, 0.4) is 0 Å². The highest BCUT2D eigenvalue weighted by Gasteiger charge is 2.43. The molecule has 5 saturated heterocycles. The average molecular weight is 1700 g/mol. The Morgan fingerprint density at radius 3 is 0.958 bits per heavy atom. The second-order valence-corrected chi connectivity index (χ2v) is 34.0. The molecule has 31 heteroatoms. The van der Waals surface area contributed by atoms with Crippen molar-refractivity contribution in [2.45, 2.75) is 165 Å². The molecule has 0 bridgehead atoms. The molecule has 15 rings (SSSR count). The maximum atomic E-state index is 12.6. The van der Waals surface area contributed by atoms with Crippen LogP contribution in [0.2, 0.25) is 0 Å². The summed E-state index contributed by atoms with van der Waals surface area (Å²) in [7, 11) is 0. The number of nitriles is 5. The summed E-state index contributed by atoms with van der Waals surface area (Å²) in [5.74, 6) is 0.102. The summed E-state index contributed by atoms with van der Waals surface area (Å²) < 4.78 is 49.2. The number of alkyl halides is 3. The molecular formula is C89H109BrF3N23O4. The molecule has 10 aromatic rings. The van der Waals surface area contributed by atoms with Crippen LogP contribution in [0.1, 0.15) is 157 Å². The molecule has 632 valence electrons. The molecule has 0 aliphatic carbocycles. The first-order valence-corrected chi connectivity index (χ1v) is 40.3. The Hall–Kier alpha value is -11.5. The van der Waals surface area contributed by atoms with Gasteiger partial charge in [0.1, 0.15) is 96.7 Å². The number of nitrogens with zero attached hydrogens (tertiary/aromatic N) is 19. The number of benzene rings is 5. The number of esters is 2. The normalized spacial score (nSPS) is 20.9. The number of aromatic nitrogens is 10. The zero-order valence-corrected chi connectivity index (χ0v) is 69.8. The van der Waals surface area contributed by atoms with Crippen molar-refractivity contribution in [3.8, 4) is 30.3 Å². The molecule has 0 saturated carbocycles. The molecule has 0 amide bonds. The lowest BCUT2D eigenvalue weighted by molar-refractivity contribution is -0.183. The number of carbonyl (C=O) groups excluding carboxylic acids is 2. The standard InChI is InChI=1S/C21H26N4O2.3C15H17N5.C12H20F3NO2.C9H4BrN3.2CH4/c1-14-9-15(10-18(26)27-21(2,3)4)13-25(12-14)17-6-5-16(11-22)19-20(17)24-8-7-23-19;3*1-10-6-12(17)9-20(8-10)13-3-2-11(7-16)14-15(13)19-5-4-18-14;1-11(2,3)18-10(17)5-8-4-9(7-16-6-8)12(13,14)15;10-7-2-1-6(5-11)8-9(7)13-4-3-12-8;;/h5-8,14-15H,9-10,12-13H2,1-4H3;3*2-5,10,12H,6,8-9,17H2,1H3;8-9,16H,4-7H2,1-3H3;1-4H;2*1H4. The van der Waals surface area contributed by atoms with Crippen LogP contribution in [0.15, 0.2) is 127 Å². The third-order valence-electron chi connectivity index (χ3n) is 20.4. The predicted molar refractivity (Wildman–Crippen MR) is 465 cm³/mol. The first kappa shape index (κ1) is 94.0. The number of nitrogens with two attached hydrogens (primary N) is 3. The van der Waals surface area contributed by atoms with E-state index in [0.29, 0.717) is 92.0 Å². The number of carbonyl (C=O) groups is 2. The molecule has 5 aromatic carbocycles. The molecule has 10 unspecified atom stereocenters. The van der Waals surface area contributed by atoms with Crippen LogP contribution >= 0.6 is 15.9 Å². The minimum atomic E-state index is -4.19. The molecule has 5 fully saturated rings. The SMILES string of the molecule is C.C.CC(C)(C)OC(=O)CC1CNCC(C(F)(F)F)C1.CC1CC(CC(=O)OC(C)(C)C)CN(c2ccc(C#N)c3nccnc23)C1.CC1CC(N)CN(c2ccc(C#N)c3nccnc23)C1.CC1CC(N)CN(c2ccc(C#N)c3nccnc23)C1.CC1CC(N)CN(c2ccc(C#N)c3nccnc23)C1.N#Cc1ccc(Br)c2nccnc12. The van der Waals surface area contributed by atoms with E-state index in [1.54, 1.807) is 101 Å². The van der Waals surface area contributed by atoms with Gasteiger partial charge >= 0.3 is 18.1 Å². The number of anilines is 4. The lowest BCUT2D eigenvalue weighted by atomic mass is 9.87. The van der Waals surface area contributed by atoms with E-state index < -0.39 is 29.3 Å². The van der Waals surface area contributed by atoms with E-state index in [9.17, 15) is 28.0 Å². The second kappa shape index (κ2) is 42.4. The summed E-state index contributed by atoms with van der Waals surface area (Å²) in [6, 6.07) is 29.9. The molecule has 10 atom stereocenters. The monoisotopic (exact) mass is 1700 g/mol. The van der Waals surface area contributed by atoms with Gasteiger partial charge < -0.3 is 51.6 Å². The highest BCUT2D eigenvalue weighted by molar-refractivity contribution is 9.10. The first-order valence-electron chi connectivity index (χ1n) is 39.6. The van der Waals surface area contributed by atoms with Gasteiger partial charge in [0.25, 0.3) is 0 Å². The smallest absolute Gasteiger partial charge is 0.393 e. The molecule has 27 nitrogen and oxygen atoms in total. The zero-order valence-electron chi connectivity index (χ0n) is 68.2. The minimum absolute atomic E-state index is 0. The van der Waals surface area contributed by atoms with Crippen molar-refractivity contribution in [1.29, 1.82) is 26.3 Å². The van der Waals surface area contributed by atoms with Crippen molar-refractivity contribution in [2.75, 3.05) is 85.0 Å². The summed E-state index contributed by atoms with van der Waals surface area (Å²) in [4.78, 5) is 76.1. The molecule has 5 aromatic heterocycles. The van der Waals surface area contributed by atoms with Crippen molar-refractivity contribution < 1.29 is 32.2 Å². The van der Waals surface area contributed by atoms with E-state index in [2.05, 4.69) is 149 Å². The fourth-order valence-corrected chi connectivity index (χ4v) is 16.4. The fraction of sp³-hybridized carbons (Fsp3) is 0.472. The van der Waals surface area contributed by atoms with Crippen LogP contribution < -0.4 is 42.1 Å². The van der Waals surface area contributed by atoms with E-state index in [-0.39, 0.29) is 70.2 Å². The van der Waals surface area contributed by atoms with Gasteiger partial charge in [-0.25, -0.2) is 0 Å². The van der Waals surface area contributed by atoms with Gasteiger partial charge in [0.15, 0.2) is 0 Å². The summed E-state index contributed by atoms with van der Waals surface area (Å²) in [6.45, 7) is 27.1. The van der Waals surface area contributed by atoms with Crippen molar-refractivity contribution in [2.24, 2.45) is 58.6 Å². The Kier molecular flexibility index (Phi) is 33.2. The largest absolute Gasteiger partial charge is 0.460 e. The molecule has 120 heavy (non-hydrogen) atoms. The zero-order chi connectivity index (χ0) is 85.2. The quantitative estimate of drug-likeness (QED) is 0.103. The minimum Gasteiger partial charge on any atom is -0.460 e. The Morgan fingerprint density at radius 1 is 0.400 bits per heavy atom. The van der Waals surface area contributed by atoms with Gasteiger partial charge in [-0.05, 0) is 192 Å². The topological polar surface area (TPSA) is 403 Å². The summed E-state index contributed by atoms with van der Waals surface area (Å²) >= 11 is 3.35. The van der Waals surface area contributed by atoms with Gasteiger partial charge in [-0.3, -0.25) is 59.4 Å². The van der Waals surface area contributed by atoms with Gasteiger partial charge in [-0.2, -0.15) is 39.5 Å². The summed E-state index contributed by atoms with van der Waals surface area (Å²) in [5.41, 5.74) is 31.2. The Balaban J connectivity index is 0.000000181. The highest BCUT2D eigenvalue weighted by atomic mass is 79.9. The van der Waals surface area contributed by atoms with Gasteiger partial charge in [0, 0.05) is 150 Å². The number of hydrogen-bond acceptors (Lipinski definition) is 27. The van der Waals surface area contributed by atoms with Gasteiger partial charge in [-0.1, -0.05) is 42.5 Å². The van der Waals surface area contributed by atoms with Gasteiger partial charge in [0.05, 0.1) is 62.9 Å². The number of hydrogen-bond donors (Lipinski definition) is 4. The van der Waals surface area contributed by atoms with E-state index in [1.165, 1.54) is 0 Å². The molecule has 0 spiro atoms. The third kappa shape index (κ3) is 25.3. The summed E-state index contributed by atoms with van der Waals surface area (Å²) in [6.07, 6.45) is 16.7. The Morgan fingerprint density at radius 2 is 0.667 bits per heavy atom. The van der Waals surface area contributed by atoms with Crippen LogP contribution in [-0.2, 0) is 19.1 Å². The highest BCUT2D eigenvalue weighted by Crippen LogP contribution is 2.38. The number of fused-ring (bicyclic) bond motifs is 5. The average Bonchev–Trinajstić information content (AvgIpc) is 0.801. The summed E-state index contributed by atoms with van der Waals surface area (Å²) in [5, 5.41) is 48.4. The Labute approximate surface area is 709 Å².